The molecule has 3 aromatic rings. The summed E-state index contributed by atoms with van der Waals surface area (Å²) in [5.41, 5.74) is 4.46. The largest absolute Gasteiger partial charge is 0.494 e. The molecule has 6 rings (SSSR count). The molecule has 5 atom stereocenters. The fourth-order valence-corrected chi connectivity index (χ4v) is 5.91. The Balaban J connectivity index is 1.26. The van der Waals surface area contributed by atoms with Gasteiger partial charge in [-0.2, -0.15) is 0 Å². The van der Waals surface area contributed by atoms with Crippen molar-refractivity contribution in [3.63, 3.8) is 0 Å². The van der Waals surface area contributed by atoms with Crippen molar-refractivity contribution < 1.29 is 23.7 Å². The molecule has 2 bridgehead atoms. The molecule has 1 aliphatic carbocycles. The maximum atomic E-state index is 6.85. The van der Waals surface area contributed by atoms with Gasteiger partial charge in [0, 0.05) is 30.0 Å². The second-order valence-electron chi connectivity index (χ2n) is 11.0. The molecule has 5 unspecified atom stereocenters. The van der Waals surface area contributed by atoms with Crippen molar-refractivity contribution in [2.24, 2.45) is 11.8 Å². The molecule has 1 saturated carbocycles. The van der Waals surface area contributed by atoms with E-state index in [4.69, 9.17) is 35.3 Å². The third-order valence-corrected chi connectivity index (χ3v) is 8.35. The molecule has 0 aromatic heterocycles. The van der Waals surface area contributed by atoms with Crippen molar-refractivity contribution in [2.45, 2.75) is 57.5 Å². The van der Waals surface area contributed by atoms with Crippen LogP contribution in [-0.4, -0.2) is 38.6 Å². The average molecular weight is 549 g/mol. The van der Waals surface area contributed by atoms with E-state index in [2.05, 4.69) is 42.5 Å². The third kappa shape index (κ3) is 6.78. The van der Waals surface area contributed by atoms with Crippen molar-refractivity contribution in [3.8, 4) is 11.5 Å². The van der Waals surface area contributed by atoms with Crippen molar-refractivity contribution in [1.29, 1.82) is 0 Å². The van der Waals surface area contributed by atoms with E-state index in [1.54, 1.807) is 0 Å². The predicted molar refractivity (Wildman–Crippen MR) is 152 cm³/mol. The van der Waals surface area contributed by atoms with Gasteiger partial charge in [0.2, 0.25) is 0 Å². The first-order chi connectivity index (χ1) is 19.1. The smallest absolute Gasteiger partial charge is 0.126 e. The predicted octanol–water partition coefficient (Wildman–Crippen LogP) is 7.18. The van der Waals surface area contributed by atoms with Crippen LogP contribution in [0.3, 0.4) is 0 Å². The average Bonchev–Trinajstić information content (AvgIpc) is 3.71. The van der Waals surface area contributed by atoms with E-state index in [-0.39, 0.29) is 18.3 Å². The van der Waals surface area contributed by atoms with Crippen LogP contribution >= 0.6 is 11.6 Å². The van der Waals surface area contributed by atoms with E-state index in [1.165, 1.54) is 11.1 Å². The first kappa shape index (κ1) is 26.6. The summed E-state index contributed by atoms with van der Waals surface area (Å²) in [5.74, 6) is 2.81. The highest BCUT2D eigenvalue weighted by Crippen LogP contribution is 2.44. The fourth-order valence-electron chi connectivity index (χ4n) is 5.69. The summed E-state index contributed by atoms with van der Waals surface area (Å²) < 4.78 is 31.3. The Morgan fingerprint density at radius 2 is 1.69 bits per heavy atom. The summed E-state index contributed by atoms with van der Waals surface area (Å²) in [6.07, 6.45) is 3.32. The van der Waals surface area contributed by atoms with Gasteiger partial charge in [0.05, 0.1) is 44.7 Å². The van der Waals surface area contributed by atoms with Gasteiger partial charge in [0.1, 0.15) is 11.5 Å². The molecule has 2 fully saturated rings. The maximum Gasteiger partial charge on any atom is 0.126 e. The zero-order valence-corrected chi connectivity index (χ0v) is 23.3. The van der Waals surface area contributed by atoms with Crippen LogP contribution in [0.1, 0.15) is 54.5 Å². The number of halogens is 1. The number of rotatable bonds is 7. The molecule has 3 aliphatic rings. The molecule has 0 amide bonds. The van der Waals surface area contributed by atoms with Crippen LogP contribution < -0.4 is 9.47 Å². The van der Waals surface area contributed by atoms with Gasteiger partial charge < -0.3 is 23.7 Å². The van der Waals surface area contributed by atoms with E-state index in [0.29, 0.717) is 38.3 Å². The van der Waals surface area contributed by atoms with Gasteiger partial charge in [0.25, 0.3) is 0 Å². The van der Waals surface area contributed by atoms with E-state index in [0.717, 1.165) is 59.9 Å². The van der Waals surface area contributed by atoms with Crippen molar-refractivity contribution in [2.75, 3.05) is 26.4 Å². The van der Waals surface area contributed by atoms with Gasteiger partial charge >= 0.3 is 0 Å². The van der Waals surface area contributed by atoms with Crippen LogP contribution in [0.4, 0.5) is 0 Å². The second-order valence-corrected chi connectivity index (χ2v) is 11.4. The molecule has 39 heavy (non-hydrogen) atoms. The van der Waals surface area contributed by atoms with Gasteiger partial charge in [-0.25, -0.2) is 0 Å². The van der Waals surface area contributed by atoms with Gasteiger partial charge in [0.15, 0.2) is 0 Å². The molecule has 206 valence electrons. The summed E-state index contributed by atoms with van der Waals surface area (Å²) in [6.45, 7) is 5.27. The Labute approximate surface area is 236 Å². The second kappa shape index (κ2) is 12.3. The SMILES string of the molecule is CCOc1ccc(Cc2cc3c(cc2Cl)OCC2CC2COCC2CC(OCc4ccccc4)CC3O2)cc1. The lowest BCUT2D eigenvalue weighted by Gasteiger charge is -2.36. The van der Waals surface area contributed by atoms with Crippen LogP contribution in [0, 0.1) is 11.8 Å². The van der Waals surface area contributed by atoms with E-state index in [9.17, 15) is 0 Å². The standard InChI is InChI=1S/C33H37ClO5/c1-2-36-27-10-8-22(9-11-27)12-24-14-30-32(17-31(24)34)38-20-26-13-25(26)19-35-21-29-15-28(16-33(30)39-29)37-18-23-6-4-3-5-7-23/h3-11,14,17,25-26,28-29,33H,2,12-13,15-16,18-21H2,1H3. The van der Waals surface area contributed by atoms with Gasteiger partial charge in [-0.05, 0) is 72.6 Å². The summed E-state index contributed by atoms with van der Waals surface area (Å²) in [4.78, 5) is 0. The van der Waals surface area contributed by atoms with Crippen LogP contribution in [0.5, 0.6) is 11.5 Å². The minimum atomic E-state index is -0.158. The van der Waals surface area contributed by atoms with Gasteiger partial charge in [-0.3, -0.25) is 0 Å². The quantitative estimate of drug-likeness (QED) is 0.313. The lowest BCUT2D eigenvalue weighted by atomic mass is 9.93. The Kier molecular flexibility index (Phi) is 8.40. The topological polar surface area (TPSA) is 46.2 Å². The van der Waals surface area contributed by atoms with Gasteiger partial charge in [-0.1, -0.05) is 54.1 Å². The molecule has 6 heteroatoms. The van der Waals surface area contributed by atoms with E-state index < -0.39 is 0 Å². The monoisotopic (exact) mass is 548 g/mol. The number of hydrogen-bond donors (Lipinski definition) is 0. The van der Waals surface area contributed by atoms with Crippen molar-refractivity contribution in [3.05, 3.63) is 94.0 Å². The number of hydrogen-bond acceptors (Lipinski definition) is 5. The molecular formula is C33H37ClO5. The normalized spacial score (nSPS) is 26.3. The Morgan fingerprint density at radius 1 is 0.872 bits per heavy atom. The Morgan fingerprint density at radius 3 is 2.51 bits per heavy atom. The summed E-state index contributed by atoms with van der Waals surface area (Å²) in [7, 11) is 0. The molecule has 3 aromatic carbocycles. The fraction of sp³-hybridized carbons (Fsp3) is 0.455. The highest BCUT2D eigenvalue weighted by atomic mass is 35.5. The molecule has 0 spiro atoms. The lowest BCUT2D eigenvalue weighted by molar-refractivity contribution is -0.142. The zero-order valence-electron chi connectivity index (χ0n) is 22.5. The molecule has 2 aliphatic heterocycles. The zero-order chi connectivity index (χ0) is 26.6. The first-order valence-electron chi connectivity index (χ1n) is 14.2. The van der Waals surface area contributed by atoms with Crippen LogP contribution in [-0.2, 0) is 27.2 Å². The van der Waals surface area contributed by atoms with Crippen LogP contribution in [0.2, 0.25) is 5.02 Å². The molecule has 2 heterocycles. The van der Waals surface area contributed by atoms with Crippen LogP contribution in [0.25, 0.3) is 0 Å². The molecule has 1 saturated heterocycles. The summed E-state index contributed by atoms with van der Waals surface area (Å²) in [5, 5.41) is 0.717. The highest BCUT2D eigenvalue weighted by molar-refractivity contribution is 6.31. The summed E-state index contributed by atoms with van der Waals surface area (Å²) >= 11 is 6.85. The van der Waals surface area contributed by atoms with E-state index >= 15 is 0 Å². The van der Waals surface area contributed by atoms with Crippen molar-refractivity contribution >= 4 is 11.6 Å². The Hall–Kier alpha value is -2.57. The molecular weight excluding hydrogens is 512 g/mol. The number of fused-ring (bicyclic) bond motifs is 5. The maximum absolute atomic E-state index is 6.85. The third-order valence-electron chi connectivity index (χ3n) is 8.00. The molecule has 5 nitrogen and oxygen atoms in total. The highest BCUT2D eigenvalue weighted by Gasteiger charge is 2.40. The number of benzene rings is 3. The lowest BCUT2D eigenvalue weighted by Crippen LogP contribution is -2.36. The minimum absolute atomic E-state index is 0.0285. The first-order valence-corrected chi connectivity index (χ1v) is 14.6. The van der Waals surface area contributed by atoms with Crippen molar-refractivity contribution in [1.82, 2.24) is 0 Å². The molecule has 0 N–H and O–H groups in total. The van der Waals surface area contributed by atoms with E-state index in [1.807, 2.05) is 31.2 Å². The minimum Gasteiger partial charge on any atom is -0.494 e. The van der Waals surface area contributed by atoms with Crippen LogP contribution in [0.15, 0.2) is 66.7 Å². The Bertz CT molecular complexity index is 1230. The number of ether oxygens (including phenoxy) is 5. The molecule has 0 radical (unpaired) electrons. The summed E-state index contributed by atoms with van der Waals surface area (Å²) in [6, 6.07) is 22.7. The van der Waals surface area contributed by atoms with Gasteiger partial charge in [-0.15, -0.1) is 0 Å².